The first kappa shape index (κ1) is 123. The molecule has 0 saturated carbocycles. The topological polar surface area (TPSA) is 181 Å². The predicted octanol–water partition coefficient (Wildman–Crippen LogP) is 28.7. The second kappa shape index (κ2) is 67.6. The molecule has 4 heterocycles. The Hall–Kier alpha value is -10.8. The molecule has 18 heteroatoms. The second-order valence-electron chi connectivity index (χ2n) is 36.2. The number of hydrogen-bond donors (Lipinski definition) is 0. The fourth-order valence-electron chi connectivity index (χ4n) is 13.1. The first-order chi connectivity index (χ1) is 66.2. The van der Waals surface area contributed by atoms with Crippen molar-refractivity contribution in [1.29, 1.82) is 0 Å². The van der Waals surface area contributed by atoms with Crippen LogP contribution in [0.3, 0.4) is 0 Å². The van der Waals surface area contributed by atoms with Crippen molar-refractivity contribution in [3.63, 3.8) is 0 Å². The van der Waals surface area contributed by atoms with E-state index in [0.29, 0.717) is 24.6 Å². The Kier molecular flexibility index (Phi) is 59.5. The van der Waals surface area contributed by atoms with E-state index >= 15 is 0 Å². The minimum absolute atomic E-state index is 0. The Labute approximate surface area is 871 Å². The zero-order chi connectivity index (χ0) is 101. The van der Waals surface area contributed by atoms with E-state index in [1.54, 1.807) is 56.4 Å². The molecule has 0 aliphatic heterocycles. The van der Waals surface area contributed by atoms with Gasteiger partial charge in [-0.1, -0.05) is 554 Å². The number of benzene rings is 13. The SMILES string of the molecule is CC(C)(C)c1c[n-]c(CP(=O)(c2ccccc2)c2ccccc2)c1.CC(C)(C)c1c[n-]c(CP(=O)(c2ccccc2)c2ccccc2)c1.CC(C)(C)c1c[n-]c(CP(=O)(c2ccccc2)c2ccccc2)c1.CC(C)(C)c1c[n-]c(CP(=O)(c2ccccc2)c2ccccc2)c1.C[N-]C.C[N-]C.C[N-]C.C[N-]C.[Ti+4].[Ti+4].c1ccccc1.c1ccccc1.c1ccccc1.c1ccccc1.c1ccccc1. The molecule has 140 heavy (non-hydrogen) atoms. The van der Waals surface area contributed by atoms with Crippen LogP contribution in [-0.2, 0) is 108 Å². The van der Waals surface area contributed by atoms with E-state index in [1.165, 1.54) is 22.3 Å². The molecule has 17 rings (SSSR count). The van der Waals surface area contributed by atoms with Crippen LogP contribution in [0.15, 0.2) is 474 Å². The van der Waals surface area contributed by atoms with Crippen molar-refractivity contribution < 1.29 is 61.7 Å². The molecule has 12 nitrogen and oxygen atoms in total. The van der Waals surface area contributed by atoms with Crippen molar-refractivity contribution in [2.45, 2.75) is 129 Å². The molecule has 0 aliphatic carbocycles. The van der Waals surface area contributed by atoms with Gasteiger partial charge in [0.05, 0.1) is 0 Å². The van der Waals surface area contributed by atoms with Crippen LogP contribution in [0.1, 0.15) is 128 Å². The predicted molar refractivity (Wildman–Crippen MR) is 601 cm³/mol. The molecule has 0 fully saturated rings. The van der Waals surface area contributed by atoms with Crippen LogP contribution in [0.4, 0.5) is 0 Å². The second-order valence-corrected chi connectivity index (χ2v) is 47.5. The molecule has 0 N–H and O–H groups in total. The first-order valence-electron chi connectivity index (χ1n) is 46.5. The van der Waals surface area contributed by atoms with Crippen molar-refractivity contribution in [3.8, 4) is 0 Å². The van der Waals surface area contributed by atoms with Gasteiger partial charge in [0.25, 0.3) is 0 Å². The van der Waals surface area contributed by atoms with Crippen molar-refractivity contribution in [3.05, 3.63) is 540 Å². The Morgan fingerprint density at radius 1 is 0.179 bits per heavy atom. The van der Waals surface area contributed by atoms with Crippen LogP contribution < -0.4 is 62.4 Å². The summed E-state index contributed by atoms with van der Waals surface area (Å²) >= 11 is 0. The summed E-state index contributed by atoms with van der Waals surface area (Å²) in [5.74, 6) is 0. The van der Waals surface area contributed by atoms with E-state index in [0.717, 1.165) is 65.2 Å². The number of hydrogen-bond acceptors (Lipinski definition) is 4. The van der Waals surface area contributed by atoms with Gasteiger partial charge < -0.3 is 59.5 Å². The third-order valence-electron chi connectivity index (χ3n) is 20.5. The maximum atomic E-state index is 14.0. The number of aromatic nitrogens is 4. The van der Waals surface area contributed by atoms with Crippen molar-refractivity contribution in [1.82, 2.24) is 19.9 Å². The van der Waals surface area contributed by atoms with Crippen LogP contribution in [-0.4, -0.2) is 56.4 Å². The summed E-state index contributed by atoms with van der Waals surface area (Å²) in [5, 5.41) is 21.1. The molecule has 726 valence electrons. The van der Waals surface area contributed by atoms with E-state index in [2.05, 4.69) is 149 Å². The molecule has 17 aromatic rings. The molecule has 0 unspecified atom stereocenters. The molecule has 4 aromatic heterocycles. The van der Waals surface area contributed by atoms with Crippen molar-refractivity contribution >= 4 is 71.0 Å². The Morgan fingerprint density at radius 2 is 0.264 bits per heavy atom. The summed E-state index contributed by atoms with van der Waals surface area (Å²) in [6.45, 7) is 26.0. The zero-order valence-corrected chi connectivity index (χ0v) is 92.6. The Bertz CT molecular complexity index is 5000. The first-order valence-corrected chi connectivity index (χ1v) is 54.0. The summed E-state index contributed by atoms with van der Waals surface area (Å²) < 4.78 is 56.0. The fraction of sp³-hybridized carbons (Fsp3) is 0.230. The van der Waals surface area contributed by atoms with Gasteiger partial charge in [-0.05, 0) is 21.7 Å². The smallest absolute Gasteiger partial charge is 0.668 e. The Morgan fingerprint density at radius 3 is 0.343 bits per heavy atom. The van der Waals surface area contributed by atoms with E-state index in [9.17, 15) is 18.3 Å². The third kappa shape index (κ3) is 45.4. The van der Waals surface area contributed by atoms with Gasteiger partial charge in [0.15, 0.2) is 0 Å². The third-order valence-corrected chi connectivity index (χ3v) is 32.6. The normalized spacial score (nSPS) is 10.7. The maximum Gasteiger partial charge on any atom is 4.00 e. The van der Waals surface area contributed by atoms with Crippen LogP contribution in [0.25, 0.3) is 21.3 Å². The van der Waals surface area contributed by atoms with Gasteiger partial charge in [0.2, 0.25) is 0 Å². The molecule has 0 amide bonds. The van der Waals surface area contributed by atoms with Crippen LogP contribution >= 0.6 is 28.6 Å². The zero-order valence-electron chi connectivity index (χ0n) is 85.9. The molecular formula is C122H146N8O4P4Ti2. The van der Waals surface area contributed by atoms with Crippen LogP contribution in [0, 0.1) is 0 Å². The summed E-state index contributed by atoms with van der Waals surface area (Å²) in [6.07, 6.45) is 9.47. The fourth-order valence-corrected chi connectivity index (χ4v) is 23.5. The largest absolute Gasteiger partial charge is 4.00 e. The molecule has 0 aliphatic rings. The van der Waals surface area contributed by atoms with E-state index in [-0.39, 0.29) is 65.1 Å². The molecule has 0 atom stereocenters. The van der Waals surface area contributed by atoms with Crippen LogP contribution in [0.2, 0.25) is 0 Å². The van der Waals surface area contributed by atoms with E-state index in [4.69, 9.17) is 0 Å². The summed E-state index contributed by atoms with van der Waals surface area (Å²) in [7, 11) is 3.01. The molecule has 13 aromatic carbocycles. The molecule has 0 bridgehead atoms. The molecule has 0 spiro atoms. The van der Waals surface area contributed by atoms with Gasteiger partial charge in [-0.2, -0.15) is 104 Å². The van der Waals surface area contributed by atoms with Gasteiger partial charge in [-0.3, -0.25) is 0 Å². The average Bonchev–Trinajstić information content (AvgIpc) is 1.39. The minimum Gasteiger partial charge on any atom is -0.668 e. The van der Waals surface area contributed by atoms with Gasteiger partial charge in [0.1, 0.15) is 28.6 Å². The minimum atomic E-state index is -2.75. The van der Waals surface area contributed by atoms with Gasteiger partial charge >= 0.3 is 43.4 Å². The molecule has 0 saturated heterocycles. The molecular weight excluding hydrogens is 1860 g/mol. The monoisotopic (exact) mass is 2010 g/mol. The van der Waals surface area contributed by atoms with E-state index in [1.807, 2.05) is 449 Å². The van der Waals surface area contributed by atoms with Gasteiger partial charge in [-0.25, -0.2) is 0 Å². The quantitative estimate of drug-likeness (QED) is 0.0676. The van der Waals surface area contributed by atoms with Crippen molar-refractivity contribution in [2.24, 2.45) is 0 Å². The van der Waals surface area contributed by atoms with Crippen LogP contribution in [0.5, 0.6) is 0 Å². The Balaban J connectivity index is 0.000000418. The van der Waals surface area contributed by atoms with Gasteiger partial charge in [0, 0.05) is 67.1 Å². The van der Waals surface area contributed by atoms with E-state index < -0.39 is 28.6 Å². The maximum absolute atomic E-state index is 14.0. The van der Waals surface area contributed by atoms with Gasteiger partial charge in [-0.15, -0.1) is 0 Å². The number of nitrogens with zero attached hydrogens (tertiary/aromatic N) is 8. The summed E-state index contributed by atoms with van der Waals surface area (Å²) in [4.78, 5) is 18.2. The number of rotatable bonds is 16. The summed E-state index contributed by atoms with van der Waals surface area (Å²) in [5.41, 5.74) is 8.54. The summed E-state index contributed by atoms with van der Waals surface area (Å²) in [6, 6.07) is 147. The van der Waals surface area contributed by atoms with Crippen molar-refractivity contribution in [2.75, 3.05) is 56.4 Å². The average molecular weight is 2010 g/mol. The molecule has 0 radical (unpaired) electrons. The standard InChI is InChI=1S/4C21H23NOP.5C6H6.4C2H6N.2Ti/c4*1-21(2,3)17-14-18(22-15-17)16-24(23,19-10-6-4-7-11-19)20-12-8-5-9-13-20;5*1-2-4-6-5-3-1;4*1-3-2;;/h4*4-15H,16H2,1-3H3;5*1-6H;4*1-2H3;;/q4*-1;;;;;;4*-1;2*+4.